The first kappa shape index (κ1) is 23.9. The predicted octanol–water partition coefficient (Wildman–Crippen LogP) is 2.72. The van der Waals surface area contributed by atoms with Gasteiger partial charge in [-0.05, 0) is 37.1 Å². The van der Waals surface area contributed by atoms with E-state index in [1.807, 2.05) is 24.3 Å². The highest BCUT2D eigenvalue weighted by molar-refractivity contribution is 7.89. The molecule has 0 aromatic heterocycles. The maximum atomic E-state index is 13.3. The van der Waals surface area contributed by atoms with E-state index >= 15 is 0 Å². The zero-order valence-corrected chi connectivity index (χ0v) is 20.5. The van der Waals surface area contributed by atoms with Gasteiger partial charge in [-0.3, -0.25) is 4.79 Å². The van der Waals surface area contributed by atoms with E-state index in [2.05, 4.69) is 10.2 Å². The van der Waals surface area contributed by atoms with Crippen LogP contribution in [0.15, 0.2) is 47.4 Å². The van der Waals surface area contributed by atoms with Crippen LogP contribution in [0, 0.1) is 5.92 Å². The van der Waals surface area contributed by atoms with Crippen molar-refractivity contribution in [2.45, 2.75) is 24.2 Å². The van der Waals surface area contributed by atoms with Gasteiger partial charge in [0.05, 0.1) is 42.7 Å². The van der Waals surface area contributed by atoms with Gasteiger partial charge in [0.2, 0.25) is 15.9 Å². The number of benzene rings is 2. The molecule has 0 bridgehead atoms. The van der Waals surface area contributed by atoms with Gasteiger partial charge in [-0.25, -0.2) is 8.42 Å². The summed E-state index contributed by atoms with van der Waals surface area (Å²) in [6, 6.07) is 12.5. The molecular weight excluding hydrogens is 470 g/mol. The highest BCUT2D eigenvalue weighted by Crippen LogP contribution is 2.34. The number of nitrogens with zero attached hydrogens (tertiary/aromatic N) is 2. The molecule has 2 fully saturated rings. The SMILES string of the molecule is O=C(Nc1ccccc1N1CCOCC1)C1CCN(S(=O)(=O)c2ccc3c(c2)OCCCO3)CC1. The summed E-state index contributed by atoms with van der Waals surface area (Å²) < 4.78 is 44.7. The van der Waals surface area contributed by atoms with E-state index in [0.717, 1.165) is 30.9 Å². The van der Waals surface area contributed by atoms with Crippen LogP contribution in [0.5, 0.6) is 11.5 Å². The molecular formula is C25H31N3O6S. The van der Waals surface area contributed by atoms with Crippen molar-refractivity contribution in [3.8, 4) is 11.5 Å². The van der Waals surface area contributed by atoms with Crippen LogP contribution in [-0.4, -0.2) is 71.2 Å². The van der Waals surface area contributed by atoms with Gasteiger partial charge in [-0.15, -0.1) is 0 Å². The van der Waals surface area contributed by atoms with Gasteiger partial charge >= 0.3 is 0 Å². The fraction of sp³-hybridized carbons (Fsp3) is 0.480. The van der Waals surface area contributed by atoms with E-state index < -0.39 is 10.0 Å². The van der Waals surface area contributed by atoms with Gasteiger partial charge in [0.15, 0.2) is 11.5 Å². The third-order valence-corrected chi connectivity index (χ3v) is 8.59. The smallest absolute Gasteiger partial charge is 0.243 e. The van der Waals surface area contributed by atoms with E-state index in [4.69, 9.17) is 14.2 Å². The number of hydrogen-bond donors (Lipinski definition) is 1. The number of carbonyl (C=O) groups is 1. The fourth-order valence-electron chi connectivity index (χ4n) is 4.71. The molecule has 0 unspecified atom stereocenters. The van der Waals surface area contributed by atoms with Crippen molar-refractivity contribution in [2.75, 3.05) is 62.8 Å². The lowest BCUT2D eigenvalue weighted by Gasteiger charge is -2.32. The number of hydrogen-bond acceptors (Lipinski definition) is 7. The molecule has 0 aliphatic carbocycles. The highest BCUT2D eigenvalue weighted by Gasteiger charge is 2.33. The van der Waals surface area contributed by atoms with Crippen LogP contribution in [0.25, 0.3) is 0 Å². The van der Waals surface area contributed by atoms with Crippen molar-refractivity contribution in [3.63, 3.8) is 0 Å². The Labute approximate surface area is 206 Å². The molecule has 2 saturated heterocycles. The molecule has 1 N–H and O–H groups in total. The first-order valence-corrected chi connectivity index (χ1v) is 13.6. The minimum Gasteiger partial charge on any atom is -0.490 e. The first-order chi connectivity index (χ1) is 17.0. The number of piperidine rings is 1. The highest BCUT2D eigenvalue weighted by atomic mass is 32.2. The van der Waals surface area contributed by atoms with E-state index in [1.165, 1.54) is 10.4 Å². The monoisotopic (exact) mass is 501 g/mol. The Bertz CT molecular complexity index is 1160. The normalized spacial score (nSPS) is 19.7. The fourth-order valence-corrected chi connectivity index (χ4v) is 6.19. The lowest BCUT2D eigenvalue weighted by molar-refractivity contribution is -0.120. The quantitative estimate of drug-likeness (QED) is 0.673. The summed E-state index contributed by atoms with van der Waals surface area (Å²) in [4.78, 5) is 15.5. The number of carbonyl (C=O) groups excluding carboxylic acids is 1. The molecule has 2 aromatic carbocycles. The van der Waals surface area contributed by atoms with Crippen molar-refractivity contribution >= 4 is 27.3 Å². The molecule has 0 saturated carbocycles. The van der Waals surface area contributed by atoms with Crippen LogP contribution >= 0.6 is 0 Å². The number of amides is 1. The van der Waals surface area contributed by atoms with Gasteiger partial charge in [-0.1, -0.05) is 12.1 Å². The number of para-hydroxylation sites is 2. The minimum atomic E-state index is -3.69. The van der Waals surface area contributed by atoms with Crippen LogP contribution in [0.4, 0.5) is 11.4 Å². The van der Waals surface area contributed by atoms with Crippen molar-refractivity contribution in [1.82, 2.24) is 4.31 Å². The molecule has 2 aromatic rings. The molecule has 35 heavy (non-hydrogen) atoms. The Morgan fingerprint density at radius 3 is 2.37 bits per heavy atom. The zero-order chi connectivity index (χ0) is 24.3. The minimum absolute atomic E-state index is 0.0710. The largest absolute Gasteiger partial charge is 0.490 e. The Kier molecular flexibility index (Phi) is 7.12. The molecule has 5 rings (SSSR count). The molecule has 3 aliphatic rings. The number of sulfonamides is 1. The lowest BCUT2D eigenvalue weighted by Crippen LogP contribution is -2.41. The van der Waals surface area contributed by atoms with E-state index in [1.54, 1.807) is 12.1 Å². The van der Waals surface area contributed by atoms with Gasteiger partial charge in [0, 0.05) is 44.6 Å². The Hall–Kier alpha value is -2.82. The number of nitrogens with one attached hydrogen (secondary N) is 1. The molecule has 0 atom stereocenters. The van der Waals surface area contributed by atoms with Crippen molar-refractivity contribution in [3.05, 3.63) is 42.5 Å². The van der Waals surface area contributed by atoms with Crippen molar-refractivity contribution < 1.29 is 27.4 Å². The summed E-state index contributed by atoms with van der Waals surface area (Å²) in [5.41, 5.74) is 1.76. The number of ether oxygens (including phenoxy) is 3. The summed E-state index contributed by atoms with van der Waals surface area (Å²) in [7, 11) is -3.69. The lowest BCUT2D eigenvalue weighted by atomic mass is 9.97. The summed E-state index contributed by atoms with van der Waals surface area (Å²) in [6.45, 7) is 4.51. The number of rotatable bonds is 5. The third kappa shape index (κ3) is 5.24. The molecule has 1 amide bonds. The zero-order valence-electron chi connectivity index (χ0n) is 19.6. The molecule has 188 valence electrons. The maximum Gasteiger partial charge on any atom is 0.243 e. The second-order valence-electron chi connectivity index (χ2n) is 8.94. The average molecular weight is 502 g/mol. The van der Waals surface area contributed by atoms with E-state index in [0.29, 0.717) is 63.9 Å². The molecule has 3 heterocycles. The summed E-state index contributed by atoms with van der Waals surface area (Å²) in [5.74, 6) is 0.701. The van der Waals surface area contributed by atoms with Crippen LogP contribution in [-0.2, 0) is 19.6 Å². The summed E-state index contributed by atoms with van der Waals surface area (Å²) in [5, 5.41) is 3.08. The van der Waals surface area contributed by atoms with Crippen LogP contribution in [0.2, 0.25) is 0 Å². The summed E-state index contributed by atoms with van der Waals surface area (Å²) >= 11 is 0. The first-order valence-electron chi connectivity index (χ1n) is 12.1. The standard InChI is InChI=1S/C25H31N3O6S/c29-25(26-21-4-1-2-5-22(21)27-12-16-32-17-13-27)19-8-10-28(11-9-19)35(30,31)20-6-7-23-24(18-20)34-15-3-14-33-23/h1-2,4-7,18-19H,3,8-17H2,(H,26,29). The topological polar surface area (TPSA) is 97.4 Å². The Morgan fingerprint density at radius 1 is 0.886 bits per heavy atom. The van der Waals surface area contributed by atoms with Crippen LogP contribution in [0.1, 0.15) is 19.3 Å². The molecule has 10 heteroatoms. The molecule has 3 aliphatic heterocycles. The Balaban J connectivity index is 1.22. The van der Waals surface area contributed by atoms with E-state index in [-0.39, 0.29) is 16.7 Å². The number of fused-ring (bicyclic) bond motifs is 1. The average Bonchev–Trinajstić information content (AvgIpc) is 3.14. The van der Waals surface area contributed by atoms with Crippen molar-refractivity contribution in [1.29, 1.82) is 0 Å². The van der Waals surface area contributed by atoms with Gasteiger partial charge < -0.3 is 24.4 Å². The molecule has 0 spiro atoms. The molecule has 0 radical (unpaired) electrons. The maximum absolute atomic E-state index is 13.3. The summed E-state index contributed by atoms with van der Waals surface area (Å²) in [6.07, 6.45) is 1.69. The van der Waals surface area contributed by atoms with Crippen molar-refractivity contribution in [2.24, 2.45) is 5.92 Å². The van der Waals surface area contributed by atoms with E-state index in [9.17, 15) is 13.2 Å². The van der Waals surface area contributed by atoms with Crippen LogP contribution in [0.3, 0.4) is 0 Å². The van der Waals surface area contributed by atoms with Gasteiger partial charge in [-0.2, -0.15) is 4.31 Å². The van der Waals surface area contributed by atoms with Gasteiger partial charge in [0.25, 0.3) is 0 Å². The second-order valence-corrected chi connectivity index (χ2v) is 10.9. The van der Waals surface area contributed by atoms with Gasteiger partial charge in [0.1, 0.15) is 0 Å². The predicted molar refractivity (Wildman–Crippen MR) is 132 cm³/mol. The van der Waals surface area contributed by atoms with Crippen LogP contribution < -0.4 is 19.7 Å². The number of morpholine rings is 1. The number of anilines is 2. The second kappa shape index (κ2) is 10.4. The molecule has 9 nitrogen and oxygen atoms in total. The Morgan fingerprint density at radius 2 is 1.60 bits per heavy atom. The third-order valence-electron chi connectivity index (χ3n) is 6.70.